The quantitative estimate of drug-likeness (QED) is 0.218. The van der Waals surface area contributed by atoms with Crippen LogP contribution in [0.5, 0.6) is 0 Å². The summed E-state index contributed by atoms with van der Waals surface area (Å²) < 4.78 is 31.8. The number of unbranched alkanes of at least 4 members (excludes halogenated alkanes) is 2. The summed E-state index contributed by atoms with van der Waals surface area (Å²) in [5, 5.41) is 0. The van der Waals surface area contributed by atoms with Crippen molar-refractivity contribution < 1.29 is 38.0 Å². The Morgan fingerprint density at radius 2 is 0.969 bits per heavy atom. The molecule has 8 nitrogen and oxygen atoms in total. The first-order valence-corrected chi connectivity index (χ1v) is 11.4. The highest BCUT2D eigenvalue weighted by Crippen LogP contribution is 2.08. The number of benzene rings is 1. The summed E-state index contributed by atoms with van der Waals surface area (Å²) in [6.45, 7) is 8.46. The van der Waals surface area contributed by atoms with Crippen LogP contribution in [0.2, 0.25) is 0 Å². The second kappa shape index (κ2) is 19.7. The summed E-state index contributed by atoms with van der Waals surface area (Å²) in [4.78, 5) is 24.3. The largest absolute Gasteiger partial charge is 0.460 e. The van der Waals surface area contributed by atoms with Gasteiger partial charge in [-0.15, -0.1) is 0 Å². The average Bonchev–Trinajstić information content (AvgIpc) is 2.81. The third kappa shape index (κ3) is 14.1. The van der Waals surface area contributed by atoms with E-state index in [0.717, 1.165) is 38.9 Å². The van der Waals surface area contributed by atoms with Crippen molar-refractivity contribution in [2.45, 2.75) is 39.5 Å². The van der Waals surface area contributed by atoms with Gasteiger partial charge in [-0.3, -0.25) is 0 Å². The van der Waals surface area contributed by atoms with E-state index in [2.05, 4.69) is 13.8 Å². The summed E-state index contributed by atoms with van der Waals surface area (Å²) in [5.74, 6) is -1.04. The lowest BCUT2D eigenvalue weighted by Crippen LogP contribution is -2.15. The highest BCUT2D eigenvalue weighted by molar-refractivity contribution is 5.95. The Morgan fingerprint density at radius 1 is 0.594 bits per heavy atom. The third-order valence-corrected chi connectivity index (χ3v) is 4.28. The molecule has 1 aromatic rings. The Bertz CT molecular complexity index is 571. The lowest BCUT2D eigenvalue weighted by Gasteiger charge is -2.09. The maximum atomic E-state index is 12.2. The van der Waals surface area contributed by atoms with Gasteiger partial charge in [0.1, 0.15) is 13.2 Å². The highest BCUT2D eigenvalue weighted by atomic mass is 16.6. The second-order valence-electron chi connectivity index (χ2n) is 7.01. The van der Waals surface area contributed by atoms with Crippen molar-refractivity contribution in [3.63, 3.8) is 0 Å². The van der Waals surface area contributed by atoms with Crippen molar-refractivity contribution in [2.75, 3.05) is 66.1 Å². The van der Waals surface area contributed by atoms with E-state index in [-0.39, 0.29) is 37.6 Å². The SMILES string of the molecule is CCCCOCCOCCOC(=O)c1cccc(C(=O)OCCOCCOCCCC)c1. The fourth-order valence-electron chi connectivity index (χ4n) is 2.46. The van der Waals surface area contributed by atoms with Gasteiger partial charge in [0.2, 0.25) is 0 Å². The molecule has 0 atom stereocenters. The van der Waals surface area contributed by atoms with Crippen LogP contribution in [0.15, 0.2) is 24.3 Å². The molecular weight excluding hydrogens is 416 g/mol. The molecule has 1 rings (SSSR count). The molecule has 0 aliphatic heterocycles. The van der Waals surface area contributed by atoms with Crippen LogP contribution in [0.1, 0.15) is 60.2 Å². The van der Waals surface area contributed by atoms with Crippen LogP contribution in [-0.4, -0.2) is 78.0 Å². The van der Waals surface area contributed by atoms with Gasteiger partial charge in [-0.25, -0.2) is 9.59 Å². The third-order valence-electron chi connectivity index (χ3n) is 4.28. The lowest BCUT2D eigenvalue weighted by molar-refractivity contribution is 0.0141. The second-order valence-corrected chi connectivity index (χ2v) is 7.01. The Hall–Kier alpha value is -2.00. The summed E-state index contributed by atoms with van der Waals surface area (Å²) in [7, 11) is 0. The minimum atomic E-state index is -0.520. The van der Waals surface area contributed by atoms with E-state index in [9.17, 15) is 9.59 Å². The van der Waals surface area contributed by atoms with E-state index >= 15 is 0 Å². The van der Waals surface area contributed by atoms with Crippen LogP contribution in [0, 0.1) is 0 Å². The molecule has 0 aliphatic rings. The van der Waals surface area contributed by atoms with Crippen molar-refractivity contribution in [3.8, 4) is 0 Å². The van der Waals surface area contributed by atoms with E-state index in [0.29, 0.717) is 26.4 Å². The molecule has 0 saturated carbocycles. The van der Waals surface area contributed by atoms with E-state index in [1.807, 2.05) is 0 Å². The predicted octanol–water partition coefficient (Wildman–Crippen LogP) is 3.67. The van der Waals surface area contributed by atoms with Crippen molar-refractivity contribution >= 4 is 11.9 Å². The molecule has 8 heteroatoms. The normalized spacial score (nSPS) is 10.8. The standard InChI is InChI=1S/C24H38O8/c1-3-5-10-27-12-14-29-16-18-31-23(25)21-8-7-9-22(20-21)24(26)32-19-17-30-15-13-28-11-6-4-2/h7-9,20H,3-6,10-19H2,1-2H3. The van der Waals surface area contributed by atoms with Crippen LogP contribution < -0.4 is 0 Å². The van der Waals surface area contributed by atoms with Crippen LogP contribution >= 0.6 is 0 Å². The Labute approximate surface area is 191 Å². The smallest absolute Gasteiger partial charge is 0.338 e. The first kappa shape index (κ1) is 28.0. The molecule has 0 radical (unpaired) electrons. The average molecular weight is 455 g/mol. The van der Waals surface area contributed by atoms with Gasteiger partial charge >= 0.3 is 11.9 Å². The molecule has 0 unspecified atom stereocenters. The Kier molecular flexibility index (Phi) is 17.2. The molecule has 0 N–H and O–H groups in total. The van der Waals surface area contributed by atoms with Crippen molar-refractivity contribution in [2.24, 2.45) is 0 Å². The number of carbonyl (C=O) groups is 2. The molecule has 0 spiro atoms. The molecule has 0 saturated heterocycles. The van der Waals surface area contributed by atoms with Crippen molar-refractivity contribution in [3.05, 3.63) is 35.4 Å². The van der Waals surface area contributed by atoms with Gasteiger partial charge in [-0.2, -0.15) is 0 Å². The van der Waals surface area contributed by atoms with Gasteiger partial charge in [0, 0.05) is 13.2 Å². The van der Waals surface area contributed by atoms with Gasteiger partial charge in [0.15, 0.2) is 0 Å². The van der Waals surface area contributed by atoms with Gasteiger partial charge in [0.25, 0.3) is 0 Å². The molecule has 182 valence electrons. The molecule has 0 aliphatic carbocycles. The highest BCUT2D eigenvalue weighted by Gasteiger charge is 2.12. The van der Waals surface area contributed by atoms with Crippen LogP contribution in [0.3, 0.4) is 0 Å². The summed E-state index contributed by atoms with van der Waals surface area (Å²) in [5.41, 5.74) is 0.561. The van der Waals surface area contributed by atoms with Gasteiger partial charge in [-0.05, 0) is 31.0 Å². The molecule has 0 heterocycles. The topological polar surface area (TPSA) is 89.5 Å². The first-order valence-electron chi connectivity index (χ1n) is 11.4. The summed E-state index contributed by atoms with van der Waals surface area (Å²) in [6.07, 6.45) is 4.26. The molecule has 0 fully saturated rings. The van der Waals surface area contributed by atoms with Crippen LogP contribution in [0.25, 0.3) is 0 Å². The van der Waals surface area contributed by atoms with Crippen LogP contribution in [0.4, 0.5) is 0 Å². The maximum Gasteiger partial charge on any atom is 0.338 e. The minimum absolute atomic E-state index is 0.127. The molecule has 0 aromatic heterocycles. The van der Waals surface area contributed by atoms with Gasteiger partial charge in [-0.1, -0.05) is 32.8 Å². The van der Waals surface area contributed by atoms with E-state index in [4.69, 9.17) is 28.4 Å². The summed E-state index contributed by atoms with van der Waals surface area (Å²) >= 11 is 0. The Morgan fingerprint density at radius 3 is 1.38 bits per heavy atom. The number of carbonyl (C=O) groups excluding carboxylic acids is 2. The van der Waals surface area contributed by atoms with Crippen molar-refractivity contribution in [1.29, 1.82) is 0 Å². The minimum Gasteiger partial charge on any atom is -0.460 e. The molecule has 0 bridgehead atoms. The van der Waals surface area contributed by atoms with E-state index in [1.54, 1.807) is 18.2 Å². The number of esters is 2. The van der Waals surface area contributed by atoms with E-state index in [1.165, 1.54) is 6.07 Å². The molecule has 0 amide bonds. The van der Waals surface area contributed by atoms with Gasteiger partial charge in [0.05, 0.1) is 50.8 Å². The van der Waals surface area contributed by atoms with Crippen molar-refractivity contribution in [1.82, 2.24) is 0 Å². The Balaban J connectivity index is 2.17. The van der Waals surface area contributed by atoms with E-state index < -0.39 is 11.9 Å². The van der Waals surface area contributed by atoms with Gasteiger partial charge < -0.3 is 28.4 Å². The number of hydrogen-bond acceptors (Lipinski definition) is 8. The predicted molar refractivity (Wildman–Crippen MR) is 120 cm³/mol. The fraction of sp³-hybridized carbons (Fsp3) is 0.667. The maximum absolute atomic E-state index is 12.2. The summed E-state index contributed by atoms with van der Waals surface area (Å²) in [6, 6.07) is 6.24. The lowest BCUT2D eigenvalue weighted by atomic mass is 10.1. The number of ether oxygens (including phenoxy) is 6. The number of hydrogen-bond donors (Lipinski definition) is 0. The zero-order chi connectivity index (χ0) is 23.3. The zero-order valence-corrected chi connectivity index (χ0v) is 19.5. The molecular formula is C24H38O8. The fourth-order valence-corrected chi connectivity index (χ4v) is 2.46. The monoisotopic (exact) mass is 454 g/mol. The first-order chi connectivity index (χ1) is 15.7. The number of rotatable bonds is 20. The van der Waals surface area contributed by atoms with Crippen LogP contribution in [-0.2, 0) is 28.4 Å². The molecule has 32 heavy (non-hydrogen) atoms. The zero-order valence-electron chi connectivity index (χ0n) is 19.5. The molecule has 1 aromatic carbocycles.